The molecular weight excluding hydrogens is 385 g/mol. The lowest BCUT2D eigenvalue weighted by molar-refractivity contribution is 0.186. The Hall–Kier alpha value is -3.05. The monoisotopic (exact) mass is 411 g/mol. The van der Waals surface area contributed by atoms with Crippen LogP contribution in [-0.4, -0.2) is 39.2 Å². The van der Waals surface area contributed by atoms with Gasteiger partial charge in [-0.25, -0.2) is 19.2 Å². The quantitative estimate of drug-likeness (QED) is 0.761. The third kappa shape index (κ3) is 4.92. The van der Waals surface area contributed by atoms with E-state index in [1.807, 2.05) is 20.0 Å². The lowest BCUT2D eigenvalue weighted by Gasteiger charge is -2.30. The van der Waals surface area contributed by atoms with E-state index in [9.17, 15) is 14.3 Å². The van der Waals surface area contributed by atoms with Gasteiger partial charge in [0.15, 0.2) is 0 Å². The summed E-state index contributed by atoms with van der Waals surface area (Å²) in [7, 11) is 0. The standard InChI is InChI=1S/C22H26FN5O2/c1-3-19(15-4-5-16(10-24)18(23)9-15)27-22(30)28-7-6-17-11-25-21(8-14(2)13-29)26-20(17)12-28/h4-5,9,11,14,19,29H,3,6-8,12-13H2,1-2H3,(H,27,30)/t14-,19-/m1/s1. The highest BCUT2D eigenvalue weighted by molar-refractivity contribution is 5.75. The number of nitrogens with zero attached hydrogens (tertiary/aromatic N) is 4. The lowest BCUT2D eigenvalue weighted by Crippen LogP contribution is -2.44. The van der Waals surface area contributed by atoms with E-state index in [0.29, 0.717) is 43.7 Å². The maximum Gasteiger partial charge on any atom is 0.318 e. The molecule has 0 radical (unpaired) electrons. The summed E-state index contributed by atoms with van der Waals surface area (Å²) in [4.78, 5) is 23.5. The highest BCUT2D eigenvalue weighted by Gasteiger charge is 2.25. The molecule has 1 aromatic heterocycles. The third-order valence-corrected chi connectivity index (χ3v) is 5.35. The predicted molar refractivity (Wildman–Crippen MR) is 109 cm³/mol. The minimum Gasteiger partial charge on any atom is -0.396 e. The Kier molecular flexibility index (Phi) is 6.95. The second-order valence-corrected chi connectivity index (χ2v) is 7.68. The van der Waals surface area contributed by atoms with Crippen LogP contribution in [0.15, 0.2) is 24.4 Å². The molecule has 0 unspecified atom stereocenters. The Morgan fingerprint density at radius 1 is 1.47 bits per heavy atom. The Morgan fingerprint density at radius 2 is 2.27 bits per heavy atom. The summed E-state index contributed by atoms with van der Waals surface area (Å²) >= 11 is 0. The molecule has 2 atom stereocenters. The highest BCUT2D eigenvalue weighted by Crippen LogP contribution is 2.22. The molecule has 2 aromatic rings. The third-order valence-electron chi connectivity index (χ3n) is 5.35. The van der Waals surface area contributed by atoms with Gasteiger partial charge in [0.05, 0.1) is 23.8 Å². The zero-order chi connectivity index (χ0) is 21.7. The van der Waals surface area contributed by atoms with Crippen molar-refractivity contribution >= 4 is 6.03 Å². The van der Waals surface area contributed by atoms with Gasteiger partial charge in [0.2, 0.25) is 0 Å². The number of carbonyl (C=O) groups excluding carboxylic acids is 1. The van der Waals surface area contributed by atoms with E-state index in [0.717, 1.165) is 11.3 Å². The molecule has 0 bridgehead atoms. The fourth-order valence-electron chi connectivity index (χ4n) is 3.49. The molecule has 1 aliphatic rings. The van der Waals surface area contributed by atoms with Crippen LogP contribution in [0.1, 0.15) is 54.5 Å². The second-order valence-electron chi connectivity index (χ2n) is 7.68. The number of aliphatic hydroxyl groups excluding tert-OH is 1. The summed E-state index contributed by atoms with van der Waals surface area (Å²) in [5, 5.41) is 21.1. The van der Waals surface area contributed by atoms with Gasteiger partial charge in [-0.15, -0.1) is 0 Å². The minimum atomic E-state index is -0.587. The van der Waals surface area contributed by atoms with Crippen molar-refractivity contribution in [1.29, 1.82) is 5.26 Å². The van der Waals surface area contributed by atoms with Gasteiger partial charge in [-0.05, 0) is 42.0 Å². The van der Waals surface area contributed by atoms with E-state index in [-0.39, 0.29) is 30.2 Å². The molecule has 0 fully saturated rings. The van der Waals surface area contributed by atoms with Crippen LogP contribution in [0.25, 0.3) is 0 Å². The zero-order valence-corrected chi connectivity index (χ0v) is 17.2. The average Bonchev–Trinajstić information content (AvgIpc) is 2.76. The van der Waals surface area contributed by atoms with Gasteiger partial charge in [-0.3, -0.25) is 0 Å². The van der Waals surface area contributed by atoms with Crippen molar-refractivity contribution < 1.29 is 14.3 Å². The molecule has 30 heavy (non-hydrogen) atoms. The first-order valence-corrected chi connectivity index (χ1v) is 10.1. The summed E-state index contributed by atoms with van der Waals surface area (Å²) in [5.74, 6) is 0.150. The van der Waals surface area contributed by atoms with E-state index < -0.39 is 5.82 Å². The lowest BCUT2D eigenvalue weighted by atomic mass is 10.0. The van der Waals surface area contributed by atoms with Crippen molar-refractivity contribution in [2.24, 2.45) is 5.92 Å². The van der Waals surface area contributed by atoms with Crippen molar-refractivity contribution in [3.05, 3.63) is 58.4 Å². The van der Waals surface area contributed by atoms with Gasteiger partial charge < -0.3 is 15.3 Å². The van der Waals surface area contributed by atoms with Crippen molar-refractivity contribution in [2.45, 2.75) is 45.7 Å². The van der Waals surface area contributed by atoms with Crippen LogP contribution < -0.4 is 5.32 Å². The van der Waals surface area contributed by atoms with Gasteiger partial charge in [0, 0.05) is 25.8 Å². The number of nitrogens with one attached hydrogen (secondary N) is 1. The SMILES string of the molecule is CC[C@@H](NC(=O)N1CCc2cnc(C[C@@H](C)CO)nc2C1)c1ccc(C#N)c(F)c1. The number of aliphatic hydroxyl groups is 1. The molecule has 0 saturated carbocycles. The number of benzene rings is 1. The maximum absolute atomic E-state index is 14.0. The first-order valence-electron chi connectivity index (χ1n) is 10.1. The van der Waals surface area contributed by atoms with Crippen LogP contribution in [0.2, 0.25) is 0 Å². The largest absolute Gasteiger partial charge is 0.396 e. The summed E-state index contributed by atoms with van der Waals surface area (Å²) < 4.78 is 14.0. The molecule has 3 rings (SSSR count). The molecule has 8 heteroatoms. The van der Waals surface area contributed by atoms with Crippen molar-refractivity contribution in [1.82, 2.24) is 20.2 Å². The Balaban J connectivity index is 1.69. The zero-order valence-electron chi connectivity index (χ0n) is 17.2. The number of urea groups is 1. The van der Waals surface area contributed by atoms with E-state index in [1.165, 1.54) is 12.1 Å². The Bertz CT molecular complexity index is 959. The minimum absolute atomic E-state index is 0.0152. The van der Waals surface area contributed by atoms with Crippen LogP contribution in [-0.2, 0) is 19.4 Å². The van der Waals surface area contributed by atoms with Crippen molar-refractivity contribution in [3.63, 3.8) is 0 Å². The molecule has 0 saturated heterocycles. The second kappa shape index (κ2) is 9.63. The van der Waals surface area contributed by atoms with Crippen LogP contribution in [0.4, 0.5) is 9.18 Å². The normalized spacial score (nSPS) is 15.1. The molecule has 7 nitrogen and oxygen atoms in total. The summed E-state index contributed by atoms with van der Waals surface area (Å²) in [6.45, 7) is 4.84. The number of rotatable bonds is 6. The smallest absolute Gasteiger partial charge is 0.318 e. The van der Waals surface area contributed by atoms with Crippen LogP contribution in [0.5, 0.6) is 0 Å². The molecule has 0 spiro atoms. The Morgan fingerprint density at radius 3 is 2.93 bits per heavy atom. The van der Waals surface area contributed by atoms with Crippen LogP contribution in [0.3, 0.4) is 0 Å². The number of carbonyl (C=O) groups is 1. The average molecular weight is 411 g/mol. The topological polar surface area (TPSA) is 102 Å². The van der Waals surface area contributed by atoms with E-state index in [2.05, 4.69) is 15.3 Å². The fourth-order valence-corrected chi connectivity index (χ4v) is 3.49. The molecular formula is C22H26FN5O2. The molecule has 2 heterocycles. The van der Waals surface area contributed by atoms with E-state index >= 15 is 0 Å². The Labute approximate surface area is 175 Å². The van der Waals surface area contributed by atoms with Gasteiger partial charge in [-0.2, -0.15) is 5.26 Å². The maximum atomic E-state index is 14.0. The van der Waals surface area contributed by atoms with Gasteiger partial charge in [0.25, 0.3) is 0 Å². The number of halogens is 1. The molecule has 2 amide bonds. The number of fused-ring (bicyclic) bond motifs is 1. The summed E-state index contributed by atoms with van der Waals surface area (Å²) in [6, 6.07) is 5.62. The van der Waals surface area contributed by atoms with Crippen LogP contribution in [0, 0.1) is 23.1 Å². The molecule has 2 N–H and O–H groups in total. The number of hydrogen-bond donors (Lipinski definition) is 2. The van der Waals surface area contributed by atoms with E-state index in [4.69, 9.17) is 5.26 Å². The fraction of sp³-hybridized carbons (Fsp3) is 0.455. The van der Waals surface area contributed by atoms with Gasteiger partial charge >= 0.3 is 6.03 Å². The van der Waals surface area contributed by atoms with Gasteiger partial charge in [-0.1, -0.05) is 19.9 Å². The molecule has 1 aromatic carbocycles. The first kappa shape index (κ1) is 21.7. The molecule has 158 valence electrons. The van der Waals surface area contributed by atoms with Crippen molar-refractivity contribution in [3.8, 4) is 6.07 Å². The summed E-state index contributed by atoms with van der Waals surface area (Å²) in [6.07, 6.45) is 3.65. The first-order chi connectivity index (χ1) is 14.4. The van der Waals surface area contributed by atoms with Crippen LogP contribution >= 0.6 is 0 Å². The van der Waals surface area contributed by atoms with E-state index in [1.54, 1.807) is 17.0 Å². The van der Waals surface area contributed by atoms with Gasteiger partial charge in [0.1, 0.15) is 17.7 Å². The number of aromatic nitrogens is 2. The predicted octanol–water partition coefficient (Wildman–Crippen LogP) is 2.88. The summed E-state index contributed by atoms with van der Waals surface area (Å²) in [5.41, 5.74) is 2.46. The number of nitriles is 1. The number of amides is 2. The van der Waals surface area contributed by atoms with Crippen molar-refractivity contribution in [2.75, 3.05) is 13.2 Å². The number of hydrogen-bond acceptors (Lipinski definition) is 5. The molecule has 0 aliphatic carbocycles. The highest BCUT2D eigenvalue weighted by atomic mass is 19.1. The molecule has 1 aliphatic heterocycles.